The largest absolute Gasteiger partial charge is 0.363 e. The van der Waals surface area contributed by atoms with E-state index in [1.165, 1.54) is 12.1 Å². The summed E-state index contributed by atoms with van der Waals surface area (Å²) in [5, 5.41) is 16.4. The zero-order valence-electron chi connectivity index (χ0n) is 14.2. The van der Waals surface area contributed by atoms with Crippen molar-refractivity contribution in [2.24, 2.45) is 0 Å². The van der Waals surface area contributed by atoms with Gasteiger partial charge in [0.25, 0.3) is 11.8 Å². The number of rotatable bonds is 4. The second-order valence-corrected chi connectivity index (χ2v) is 5.66. The molecule has 0 aliphatic carbocycles. The third-order valence-electron chi connectivity index (χ3n) is 3.80. The van der Waals surface area contributed by atoms with E-state index < -0.39 is 17.8 Å². The Balaban J connectivity index is 1.48. The standard InChI is InChI=1S/C17H11N7O4/c25-12-6-7-13(26)24(12)28-17(27)11-4-2-10(3-5-11)14-20-22-16(23-21-14)15-18-8-1-9-19-15/h1-5,8-9H,6-7H2. The number of amides is 2. The molecule has 1 fully saturated rings. The third-order valence-corrected chi connectivity index (χ3v) is 3.80. The van der Waals surface area contributed by atoms with Gasteiger partial charge >= 0.3 is 5.97 Å². The summed E-state index contributed by atoms with van der Waals surface area (Å²) in [5.74, 6) is -1.16. The Morgan fingerprint density at radius 2 is 1.39 bits per heavy atom. The molecule has 1 aliphatic rings. The molecule has 1 aliphatic heterocycles. The van der Waals surface area contributed by atoms with Gasteiger partial charge in [-0.3, -0.25) is 9.59 Å². The highest BCUT2D eigenvalue weighted by Crippen LogP contribution is 2.18. The van der Waals surface area contributed by atoms with E-state index in [4.69, 9.17) is 4.84 Å². The Bertz CT molecular complexity index is 1020. The van der Waals surface area contributed by atoms with Gasteiger partial charge in [0.15, 0.2) is 0 Å². The molecule has 3 heterocycles. The van der Waals surface area contributed by atoms with Crippen molar-refractivity contribution in [2.45, 2.75) is 12.8 Å². The fourth-order valence-corrected chi connectivity index (χ4v) is 2.40. The molecular formula is C17H11N7O4. The van der Waals surface area contributed by atoms with Gasteiger partial charge in [0, 0.05) is 30.8 Å². The third kappa shape index (κ3) is 3.40. The van der Waals surface area contributed by atoms with E-state index in [9.17, 15) is 14.4 Å². The van der Waals surface area contributed by atoms with Crippen LogP contribution in [0.4, 0.5) is 0 Å². The number of benzene rings is 1. The van der Waals surface area contributed by atoms with Gasteiger partial charge in [-0.25, -0.2) is 14.8 Å². The van der Waals surface area contributed by atoms with Gasteiger partial charge in [-0.15, -0.1) is 25.5 Å². The number of nitrogens with zero attached hydrogens (tertiary/aromatic N) is 7. The summed E-state index contributed by atoms with van der Waals surface area (Å²) in [6, 6.07) is 7.73. The van der Waals surface area contributed by atoms with Gasteiger partial charge in [-0.05, 0) is 18.2 Å². The number of hydrogen-bond acceptors (Lipinski definition) is 10. The molecule has 1 aromatic carbocycles. The second kappa shape index (κ2) is 7.23. The van der Waals surface area contributed by atoms with Crippen molar-refractivity contribution in [3.05, 3.63) is 48.3 Å². The molecule has 1 saturated heterocycles. The maximum atomic E-state index is 12.1. The number of hydroxylamine groups is 2. The molecule has 0 unspecified atom stereocenters. The topological polar surface area (TPSA) is 141 Å². The van der Waals surface area contributed by atoms with E-state index in [2.05, 4.69) is 30.4 Å². The van der Waals surface area contributed by atoms with Crippen molar-refractivity contribution in [3.63, 3.8) is 0 Å². The number of aromatic nitrogens is 6. The molecule has 138 valence electrons. The van der Waals surface area contributed by atoms with E-state index in [0.29, 0.717) is 16.5 Å². The van der Waals surface area contributed by atoms with Crippen LogP contribution in [0.3, 0.4) is 0 Å². The molecule has 0 N–H and O–H groups in total. The maximum Gasteiger partial charge on any atom is 0.363 e. The minimum absolute atomic E-state index is 0.0341. The average molecular weight is 377 g/mol. The quantitative estimate of drug-likeness (QED) is 0.594. The van der Waals surface area contributed by atoms with Gasteiger partial charge < -0.3 is 4.84 Å². The smallest absolute Gasteiger partial charge is 0.325 e. The van der Waals surface area contributed by atoms with Crippen LogP contribution in [0.15, 0.2) is 42.7 Å². The summed E-state index contributed by atoms with van der Waals surface area (Å²) in [6.07, 6.45) is 3.18. The Labute approximate surface area is 157 Å². The maximum absolute atomic E-state index is 12.1. The first-order chi connectivity index (χ1) is 13.6. The molecule has 0 atom stereocenters. The molecule has 2 amide bonds. The Morgan fingerprint density at radius 3 is 2.00 bits per heavy atom. The lowest BCUT2D eigenvalue weighted by atomic mass is 10.1. The first-order valence-corrected chi connectivity index (χ1v) is 8.15. The number of imide groups is 1. The van der Waals surface area contributed by atoms with Crippen molar-refractivity contribution in [2.75, 3.05) is 0 Å². The predicted molar refractivity (Wildman–Crippen MR) is 90.6 cm³/mol. The molecule has 0 radical (unpaired) electrons. The van der Waals surface area contributed by atoms with Gasteiger partial charge in [0.2, 0.25) is 17.5 Å². The molecule has 2 aromatic heterocycles. The number of carbonyl (C=O) groups excluding carboxylic acids is 3. The Morgan fingerprint density at radius 1 is 0.821 bits per heavy atom. The molecule has 4 rings (SSSR count). The predicted octanol–water partition coefficient (Wildman–Crippen LogP) is 0.611. The van der Waals surface area contributed by atoms with Crippen LogP contribution in [0.25, 0.3) is 23.0 Å². The average Bonchev–Trinajstić information content (AvgIpc) is 3.06. The van der Waals surface area contributed by atoms with Gasteiger partial charge in [0.05, 0.1) is 5.56 Å². The van der Waals surface area contributed by atoms with Crippen LogP contribution in [-0.2, 0) is 14.4 Å². The summed E-state index contributed by atoms with van der Waals surface area (Å²) in [7, 11) is 0. The lowest BCUT2D eigenvalue weighted by Gasteiger charge is -2.12. The first kappa shape index (κ1) is 17.3. The van der Waals surface area contributed by atoms with Crippen molar-refractivity contribution in [3.8, 4) is 23.0 Å². The van der Waals surface area contributed by atoms with Crippen LogP contribution in [0, 0.1) is 0 Å². The van der Waals surface area contributed by atoms with Crippen LogP contribution < -0.4 is 0 Å². The van der Waals surface area contributed by atoms with E-state index in [-0.39, 0.29) is 30.1 Å². The highest BCUT2D eigenvalue weighted by atomic mass is 16.7. The molecular weight excluding hydrogens is 366 g/mol. The lowest BCUT2D eigenvalue weighted by Crippen LogP contribution is -2.32. The molecule has 28 heavy (non-hydrogen) atoms. The number of carbonyl (C=O) groups is 3. The normalized spacial score (nSPS) is 13.6. The van der Waals surface area contributed by atoms with E-state index in [0.717, 1.165) is 0 Å². The molecule has 0 spiro atoms. The van der Waals surface area contributed by atoms with Crippen LogP contribution in [0.1, 0.15) is 23.2 Å². The van der Waals surface area contributed by atoms with Crippen LogP contribution in [0.5, 0.6) is 0 Å². The lowest BCUT2D eigenvalue weighted by molar-refractivity contribution is -0.172. The fraction of sp³-hybridized carbons (Fsp3) is 0.118. The van der Waals surface area contributed by atoms with Crippen LogP contribution in [0.2, 0.25) is 0 Å². The minimum atomic E-state index is -0.816. The van der Waals surface area contributed by atoms with Crippen LogP contribution >= 0.6 is 0 Å². The van der Waals surface area contributed by atoms with Crippen molar-refractivity contribution in [1.29, 1.82) is 0 Å². The molecule has 11 heteroatoms. The summed E-state index contributed by atoms with van der Waals surface area (Å²) in [6.45, 7) is 0. The van der Waals surface area contributed by atoms with Crippen LogP contribution in [-0.4, -0.2) is 53.2 Å². The molecule has 0 bridgehead atoms. The molecule has 11 nitrogen and oxygen atoms in total. The van der Waals surface area contributed by atoms with E-state index >= 15 is 0 Å². The minimum Gasteiger partial charge on any atom is -0.325 e. The zero-order chi connectivity index (χ0) is 19.5. The van der Waals surface area contributed by atoms with E-state index in [1.807, 2.05) is 0 Å². The van der Waals surface area contributed by atoms with Gasteiger partial charge in [-0.1, -0.05) is 12.1 Å². The highest BCUT2D eigenvalue weighted by molar-refractivity contribution is 6.02. The van der Waals surface area contributed by atoms with Crippen molar-refractivity contribution >= 4 is 17.8 Å². The Hall–Kier alpha value is -4.15. The second-order valence-electron chi connectivity index (χ2n) is 5.66. The monoisotopic (exact) mass is 377 g/mol. The molecule has 0 saturated carbocycles. The summed E-state index contributed by atoms with van der Waals surface area (Å²) < 4.78 is 0. The fourth-order valence-electron chi connectivity index (χ4n) is 2.40. The first-order valence-electron chi connectivity index (χ1n) is 8.15. The van der Waals surface area contributed by atoms with Crippen molar-refractivity contribution in [1.82, 2.24) is 35.4 Å². The zero-order valence-corrected chi connectivity index (χ0v) is 14.2. The highest BCUT2D eigenvalue weighted by Gasteiger charge is 2.33. The Kier molecular flexibility index (Phi) is 4.46. The summed E-state index contributed by atoms with van der Waals surface area (Å²) >= 11 is 0. The van der Waals surface area contributed by atoms with Crippen molar-refractivity contribution < 1.29 is 19.2 Å². The SMILES string of the molecule is O=C(ON1C(=O)CCC1=O)c1ccc(-c2nnc(-c3ncccn3)nn2)cc1. The summed E-state index contributed by atoms with van der Waals surface area (Å²) in [5.41, 5.74) is 0.719. The summed E-state index contributed by atoms with van der Waals surface area (Å²) in [4.78, 5) is 48.0. The van der Waals surface area contributed by atoms with Gasteiger partial charge in [0.1, 0.15) is 0 Å². The molecule has 3 aromatic rings. The van der Waals surface area contributed by atoms with E-state index in [1.54, 1.807) is 30.6 Å². The van der Waals surface area contributed by atoms with Gasteiger partial charge in [-0.2, -0.15) is 0 Å². The number of hydrogen-bond donors (Lipinski definition) is 0.